The zero-order chi connectivity index (χ0) is 33.7. The average Bonchev–Trinajstić information content (AvgIpc) is 3.44. The molecule has 0 radical (unpaired) electrons. The Kier molecular flexibility index (Phi) is 11.2. The third-order valence-corrected chi connectivity index (χ3v) is 10.7. The predicted molar refractivity (Wildman–Crippen MR) is 193 cm³/mol. The molecule has 8 nitrogen and oxygen atoms in total. The van der Waals surface area contributed by atoms with Gasteiger partial charge in [-0.05, 0) is 61.0 Å². The van der Waals surface area contributed by atoms with Crippen LogP contribution < -0.4 is 0 Å². The molecule has 0 aliphatic carbocycles. The molecule has 0 N–H and O–H groups in total. The maximum atomic E-state index is 12.5. The zero-order valence-electron chi connectivity index (χ0n) is 27.5. The number of ether oxygens (including phenoxy) is 1. The Hall–Kier alpha value is -3.20. The first-order valence-electron chi connectivity index (χ1n) is 16.3. The topological polar surface area (TPSA) is 70.9 Å². The van der Waals surface area contributed by atoms with Gasteiger partial charge >= 0.3 is 0 Å². The van der Waals surface area contributed by atoms with E-state index in [1.165, 1.54) is 21.7 Å². The summed E-state index contributed by atoms with van der Waals surface area (Å²) in [6.45, 7) is 7.60. The van der Waals surface area contributed by atoms with Gasteiger partial charge in [0.25, 0.3) is 0 Å². The lowest BCUT2D eigenvalue weighted by Crippen LogP contribution is -2.37. The van der Waals surface area contributed by atoms with Crippen molar-refractivity contribution in [2.24, 2.45) is 0 Å². The molecule has 0 atom stereocenters. The van der Waals surface area contributed by atoms with Crippen LogP contribution in [0.4, 0.5) is 0 Å². The summed E-state index contributed by atoms with van der Waals surface area (Å²) in [6, 6.07) is 22.0. The van der Waals surface area contributed by atoms with Crippen molar-refractivity contribution in [2.75, 3.05) is 52.7 Å². The summed E-state index contributed by atoms with van der Waals surface area (Å²) < 4.78 is 34.1. The second-order valence-electron chi connectivity index (χ2n) is 12.6. The van der Waals surface area contributed by atoms with E-state index in [-0.39, 0.29) is 0 Å². The number of morpholine rings is 1. The van der Waals surface area contributed by atoms with Crippen molar-refractivity contribution in [1.29, 1.82) is 0 Å². The molecule has 48 heavy (non-hydrogen) atoms. The molecule has 2 aliphatic heterocycles. The second-order valence-corrected chi connectivity index (χ2v) is 15.4. The largest absolute Gasteiger partial charge is 0.379 e. The molecule has 0 unspecified atom stereocenters. The SMILES string of the molecule is CN(Cc1ccc(Cl)cc1)Cc1ccc(C#Cc2cc(-c3nn(CCCN4CCOCC4)c4c3CN(S(C)(=O)=O)CC4)ccc2Cl)cc1. The Bertz CT molecular complexity index is 1890. The molecular weight excluding hydrogens is 665 g/mol. The van der Waals surface area contributed by atoms with Gasteiger partial charge in [0.15, 0.2) is 0 Å². The lowest BCUT2D eigenvalue weighted by atomic mass is 10.0. The number of benzene rings is 3. The van der Waals surface area contributed by atoms with Crippen LogP contribution in [0.1, 0.15) is 39.9 Å². The minimum Gasteiger partial charge on any atom is -0.379 e. The lowest BCUT2D eigenvalue weighted by molar-refractivity contribution is 0.0368. The van der Waals surface area contributed by atoms with Crippen molar-refractivity contribution >= 4 is 33.2 Å². The molecule has 1 aromatic heterocycles. The summed E-state index contributed by atoms with van der Waals surface area (Å²) in [7, 11) is -1.24. The Labute approximate surface area is 294 Å². The number of aryl methyl sites for hydroxylation is 1. The molecule has 252 valence electrons. The smallest absolute Gasteiger partial charge is 0.211 e. The minimum atomic E-state index is -3.34. The summed E-state index contributed by atoms with van der Waals surface area (Å²) >= 11 is 12.7. The van der Waals surface area contributed by atoms with Gasteiger partial charge < -0.3 is 4.74 Å². The number of sulfonamides is 1. The highest BCUT2D eigenvalue weighted by atomic mass is 35.5. The Balaban J connectivity index is 1.19. The highest BCUT2D eigenvalue weighted by Gasteiger charge is 2.30. The van der Waals surface area contributed by atoms with E-state index in [0.29, 0.717) is 30.1 Å². The standard InChI is InChI=1S/C37H41Cl2N5O3S/c1-41(26-30-9-13-33(38)14-10-30)25-29-6-4-28(5-7-29)8-11-31-24-32(12-15-35(31)39)37-34-27-43(48(2,45)46)19-16-36(34)44(40-37)18-3-17-42-20-22-47-23-21-42/h4-7,9-10,12-15,24H,3,16-23,25-27H2,1-2H3. The van der Waals surface area contributed by atoms with E-state index in [1.54, 1.807) is 0 Å². The number of aromatic nitrogens is 2. The first kappa shape index (κ1) is 34.7. The Morgan fingerprint density at radius 2 is 1.58 bits per heavy atom. The fourth-order valence-corrected chi connectivity index (χ4v) is 7.38. The van der Waals surface area contributed by atoms with E-state index in [1.807, 2.05) is 42.5 Å². The van der Waals surface area contributed by atoms with Crippen molar-refractivity contribution in [3.63, 3.8) is 0 Å². The molecule has 0 amide bonds. The maximum absolute atomic E-state index is 12.5. The maximum Gasteiger partial charge on any atom is 0.211 e. The quantitative estimate of drug-likeness (QED) is 0.191. The number of halogens is 2. The third kappa shape index (κ3) is 8.87. The molecule has 1 fully saturated rings. The van der Waals surface area contributed by atoms with Gasteiger partial charge in [-0.15, -0.1) is 0 Å². The van der Waals surface area contributed by atoms with Crippen LogP contribution in [-0.4, -0.2) is 85.0 Å². The van der Waals surface area contributed by atoms with Crippen molar-refractivity contribution in [3.8, 4) is 23.1 Å². The van der Waals surface area contributed by atoms with Crippen LogP contribution in [0.15, 0.2) is 66.7 Å². The molecule has 0 saturated carbocycles. The van der Waals surface area contributed by atoms with Crippen molar-refractivity contribution in [2.45, 2.75) is 39.0 Å². The van der Waals surface area contributed by atoms with Crippen molar-refractivity contribution < 1.29 is 13.2 Å². The van der Waals surface area contributed by atoms with Crippen LogP contribution >= 0.6 is 23.2 Å². The number of hydrogen-bond acceptors (Lipinski definition) is 6. The van der Waals surface area contributed by atoms with Gasteiger partial charge in [-0.2, -0.15) is 9.40 Å². The Morgan fingerprint density at radius 1 is 0.896 bits per heavy atom. The van der Waals surface area contributed by atoms with E-state index in [0.717, 1.165) is 92.0 Å². The summed E-state index contributed by atoms with van der Waals surface area (Å²) in [4.78, 5) is 4.68. The first-order chi connectivity index (χ1) is 23.1. The minimum absolute atomic E-state index is 0.303. The van der Waals surface area contributed by atoms with Crippen LogP contribution in [0, 0.1) is 11.8 Å². The van der Waals surface area contributed by atoms with Gasteiger partial charge in [0.1, 0.15) is 0 Å². The van der Waals surface area contributed by atoms with E-state index < -0.39 is 10.0 Å². The molecular formula is C37H41Cl2N5O3S. The highest BCUT2D eigenvalue weighted by Crippen LogP contribution is 2.33. The van der Waals surface area contributed by atoms with Gasteiger partial charge in [0.05, 0.1) is 30.2 Å². The van der Waals surface area contributed by atoms with Crippen molar-refractivity contribution in [1.82, 2.24) is 23.9 Å². The summed E-state index contributed by atoms with van der Waals surface area (Å²) in [5.74, 6) is 6.54. The van der Waals surface area contributed by atoms with Gasteiger partial charge in [-0.3, -0.25) is 14.5 Å². The molecule has 4 aromatic rings. The number of nitrogens with zero attached hydrogens (tertiary/aromatic N) is 5. The van der Waals surface area contributed by atoms with Crippen LogP contribution in [-0.2, 0) is 47.4 Å². The summed E-state index contributed by atoms with van der Waals surface area (Å²) in [5, 5.41) is 6.37. The molecule has 3 heterocycles. The Morgan fingerprint density at radius 3 is 2.27 bits per heavy atom. The second kappa shape index (κ2) is 15.6. The number of fused-ring (bicyclic) bond motifs is 1. The molecule has 0 bridgehead atoms. The van der Waals surface area contributed by atoms with Gasteiger partial charge in [0, 0.05) is 91.7 Å². The fourth-order valence-electron chi connectivity index (χ4n) is 6.31. The first-order valence-corrected chi connectivity index (χ1v) is 18.9. The van der Waals surface area contributed by atoms with Gasteiger partial charge in [-0.25, -0.2) is 8.42 Å². The zero-order valence-corrected chi connectivity index (χ0v) is 29.8. The van der Waals surface area contributed by atoms with Crippen LogP contribution in [0.3, 0.4) is 0 Å². The van der Waals surface area contributed by atoms with Crippen LogP contribution in [0.2, 0.25) is 10.0 Å². The van der Waals surface area contributed by atoms with Gasteiger partial charge in [0.2, 0.25) is 10.0 Å². The normalized spacial score (nSPS) is 15.7. The molecule has 6 rings (SSSR count). The highest BCUT2D eigenvalue weighted by molar-refractivity contribution is 7.88. The molecule has 3 aromatic carbocycles. The molecule has 11 heteroatoms. The lowest BCUT2D eigenvalue weighted by Gasteiger charge is -2.27. The summed E-state index contributed by atoms with van der Waals surface area (Å²) in [6.07, 6.45) is 2.85. The molecule has 0 spiro atoms. The fraction of sp³-hybridized carbons (Fsp3) is 0.378. The van der Waals surface area contributed by atoms with Crippen LogP contribution in [0.5, 0.6) is 0 Å². The van der Waals surface area contributed by atoms with E-state index in [9.17, 15) is 8.42 Å². The third-order valence-electron chi connectivity index (χ3n) is 8.87. The number of hydrogen-bond donors (Lipinski definition) is 0. The predicted octanol–water partition coefficient (Wildman–Crippen LogP) is 5.93. The van der Waals surface area contributed by atoms with E-state index in [4.69, 9.17) is 33.0 Å². The van der Waals surface area contributed by atoms with Crippen LogP contribution in [0.25, 0.3) is 11.3 Å². The summed E-state index contributed by atoms with van der Waals surface area (Å²) in [5.41, 5.74) is 7.73. The monoisotopic (exact) mass is 705 g/mol. The average molecular weight is 707 g/mol. The number of rotatable bonds is 10. The van der Waals surface area contributed by atoms with E-state index >= 15 is 0 Å². The molecule has 1 saturated heterocycles. The van der Waals surface area contributed by atoms with Gasteiger partial charge in [-0.1, -0.05) is 65.4 Å². The molecule has 2 aliphatic rings. The van der Waals surface area contributed by atoms with Crippen molar-refractivity contribution in [3.05, 3.63) is 110 Å². The van der Waals surface area contributed by atoms with E-state index in [2.05, 4.69) is 57.6 Å².